The number of hydrogen-bond donors (Lipinski definition) is 0. The van der Waals surface area contributed by atoms with Gasteiger partial charge in [0, 0.05) is 26.2 Å². The zero-order valence-corrected chi connectivity index (χ0v) is 23.9. The Kier molecular flexibility index (Phi) is 7.21. The van der Waals surface area contributed by atoms with Gasteiger partial charge in [0.15, 0.2) is 6.10 Å². The molecular formula is C30H35NO10. The molecule has 5 rings (SSSR count). The number of carbonyl (C=O) groups excluding carboxylic acids is 4. The van der Waals surface area contributed by atoms with Crippen LogP contribution in [0.1, 0.15) is 75.1 Å². The highest BCUT2D eigenvalue weighted by molar-refractivity contribution is 5.90. The molecule has 0 radical (unpaired) electrons. The lowest BCUT2D eigenvalue weighted by Gasteiger charge is -2.62. The van der Waals surface area contributed by atoms with E-state index < -0.39 is 70.8 Å². The second-order valence-electron chi connectivity index (χ2n) is 11.9. The van der Waals surface area contributed by atoms with Crippen LogP contribution in [-0.4, -0.2) is 64.5 Å². The van der Waals surface area contributed by atoms with Gasteiger partial charge in [0.1, 0.15) is 30.2 Å². The Morgan fingerprint density at radius 3 is 2.20 bits per heavy atom. The van der Waals surface area contributed by atoms with E-state index in [1.165, 1.54) is 44.8 Å². The molecule has 3 heterocycles. The van der Waals surface area contributed by atoms with E-state index in [1.807, 2.05) is 20.8 Å². The molecule has 2 aliphatic carbocycles. The van der Waals surface area contributed by atoms with E-state index in [9.17, 15) is 19.2 Å². The van der Waals surface area contributed by atoms with Crippen LogP contribution in [0.5, 0.6) is 0 Å². The molecule has 3 fully saturated rings. The fraction of sp³-hybridized carbons (Fsp3) is 0.567. The molecule has 11 heteroatoms. The van der Waals surface area contributed by atoms with Crippen LogP contribution in [-0.2, 0) is 33.3 Å². The van der Waals surface area contributed by atoms with E-state index in [-0.39, 0.29) is 17.0 Å². The fourth-order valence-corrected chi connectivity index (χ4v) is 7.48. The minimum absolute atomic E-state index is 0.195. The van der Waals surface area contributed by atoms with Gasteiger partial charge in [-0.3, -0.25) is 14.6 Å². The number of nitrogens with zero attached hydrogens (tertiary/aromatic N) is 1. The van der Waals surface area contributed by atoms with Crippen LogP contribution < -0.4 is 0 Å². The third kappa shape index (κ3) is 4.50. The Morgan fingerprint density at radius 1 is 0.902 bits per heavy atom. The summed E-state index contributed by atoms with van der Waals surface area (Å²) in [6.45, 7) is 9.99. The van der Waals surface area contributed by atoms with Crippen LogP contribution >= 0.6 is 0 Å². The molecule has 8 atom stereocenters. The lowest BCUT2D eigenvalue weighted by molar-refractivity contribution is -0.296. The normalized spacial score (nSPS) is 35.1. The van der Waals surface area contributed by atoms with Gasteiger partial charge in [-0.15, -0.1) is 0 Å². The van der Waals surface area contributed by atoms with Crippen molar-refractivity contribution in [3.05, 3.63) is 54.2 Å². The van der Waals surface area contributed by atoms with Crippen molar-refractivity contribution in [2.24, 2.45) is 17.3 Å². The van der Waals surface area contributed by atoms with Gasteiger partial charge in [0.05, 0.1) is 34.3 Å². The molecule has 1 spiro atoms. The average molecular weight is 570 g/mol. The number of aromatic nitrogens is 1. The Bertz CT molecular complexity index is 1320. The number of hydrogen-bond acceptors (Lipinski definition) is 11. The van der Waals surface area contributed by atoms with Crippen LogP contribution in [0.3, 0.4) is 0 Å². The zero-order valence-electron chi connectivity index (χ0n) is 23.9. The summed E-state index contributed by atoms with van der Waals surface area (Å²) >= 11 is 0. The van der Waals surface area contributed by atoms with E-state index in [0.717, 1.165) is 0 Å². The minimum atomic E-state index is -1.32. The van der Waals surface area contributed by atoms with E-state index in [0.29, 0.717) is 12.8 Å². The molecule has 0 N–H and O–H groups in total. The molecule has 2 aromatic rings. The van der Waals surface area contributed by atoms with Gasteiger partial charge in [-0.1, -0.05) is 6.92 Å². The molecule has 2 bridgehead atoms. The van der Waals surface area contributed by atoms with Crippen molar-refractivity contribution in [1.29, 1.82) is 0 Å². The highest BCUT2D eigenvalue weighted by atomic mass is 16.6. The number of rotatable bonds is 6. The molecule has 0 amide bonds. The van der Waals surface area contributed by atoms with Crippen LogP contribution in [0.25, 0.3) is 0 Å². The first-order valence-corrected chi connectivity index (χ1v) is 13.7. The van der Waals surface area contributed by atoms with Crippen molar-refractivity contribution in [3.8, 4) is 0 Å². The average Bonchev–Trinajstić information content (AvgIpc) is 3.51. The zero-order chi connectivity index (χ0) is 29.7. The number of pyridine rings is 1. The van der Waals surface area contributed by atoms with Crippen molar-refractivity contribution < 1.29 is 47.3 Å². The largest absolute Gasteiger partial charge is 0.472 e. The second kappa shape index (κ2) is 10.3. The third-order valence-corrected chi connectivity index (χ3v) is 9.06. The SMILES string of the molecule is CC(=O)OC1C2C(OC(=O)c3ccoc3)C3(OC2(C)C)C(C)CCC(OC(C)=O)C3(C)C1OC(=O)c1cccnc1. The monoisotopic (exact) mass is 569 g/mol. The van der Waals surface area contributed by atoms with Crippen LogP contribution in [0.4, 0.5) is 0 Å². The number of carbonyl (C=O) groups is 4. The first kappa shape index (κ1) is 28.8. The summed E-state index contributed by atoms with van der Waals surface area (Å²) in [6.07, 6.45) is 2.50. The summed E-state index contributed by atoms with van der Waals surface area (Å²) in [5.74, 6) is -3.49. The van der Waals surface area contributed by atoms with E-state index in [1.54, 1.807) is 19.1 Å². The Balaban J connectivity index is 1.71. The van der Waals surface area contributed by atoms with Gasteiger partial charge < -0.3 is 28.1 Å². The topological polar surface area (TPSA) is 140 Å². The van der Waals surface area contributed by atoms with Crippen molar-refractivity contribution >= 4 is 23.9 Å². The first-order chi connectivity index (χ1) is 19.3. The Hall–Kier alpha value is -3.73. The molecular weight excluding hydrogens is 534 g/mol. The van der Waals surface area contributed by atoms with E-state index in [4.69, 9.17) is 28.1 Å². The summed E-state index contributed by atoms with van der Waals surface area (Å²) in [6, 6.07) is 4.66. The van der Waals surface area contributed by atoms with Crippen molar-refractivity contribution in [2.75, 3.05) is 0 Å². The summed E-state index contributed by atoms with van der Waals surface area (Å²) in [7, 11) is 0. The van der Waals surface area contributed by atoms with Crippen LogP contribution in [0.15, 0.2) is 47.5 Å². The fourth-order valence-electron chi connectivity index (χ4n) is 7.48. The molecule has 220 valence electrons. The molecule has 0 aromatic carbocycles. The molecule has 3 aliphatic rings. The molecule has 8 unspecified atom stereocenters. The van der Waals surface area contributed by atoms with Gasteiger partial charge in [-0.25, -0.2) is 9.59 Å². The summed E-state index contributed by atoms with van der Waals surface area (Å²) in [5, 5.41) is 0. The molecule has 1 aliphatic heterocycles. The van der Waals surface area contributed by atoms with Crippen LogP contribution in [0, 0.1) is 17.3 Å². The van der Waals surface area contributed by atoms with E-state index in [2.05, 4.69) is 4.98 Å². The maximum absolute atomic E-state index is 13.5. The van der Waals surface area contributed by atoms with Crippen molar-refractivity contribution in [3.63, 3.8) is 0 Å². The van der Waals surface area contributed by atoms with Crippen LogP contribution in [0.2, 0.25) is 0 Å². The maximum Gasteiger partial charge on any atom is 0.341 e. The molecule has 2 saturated carbocycles. The van der Waals surface area contributed by atoms with Gasteiger partial charge in [-0.05, 0) is 57.7 Å². The lowest BCUT2D eigenvalue weighted by Crippen LogP contribution is -2.76. The van der Waals surface area contributed by atoms with Gasteiger partial charge >= 0.3 is 23.9 Å². The second-order valence-corrected chi connectivity index (χ2v) is 11.9. The number of esters is 4. The van der Waals surface area contributed by atoms with Gasteiger partial charge in [0.2, 0.25) is 0 Å². The molecule has 2 aromatic heterocycles. The van der Waals surface area contributed by atoms with Gasteiger partial charge in [0.25, 0.3) is 0 Å². The smallest absolute Gasteiger partial charge is 0.341 e. The quantitative estimate of drug-likeness (QED) is 0.369. The van der Waals surface area contributed by atoms with Crippen molar-refractivity contribution in [2.45, 2.75) is 90.0 Å². The number of fused-ring (bicyclic) bond motifs is 1. The predicted molar refractivity (Wildman–Crippen MR) is 140 cm³/mol. The summed E-state index contributed by atoms with van der Waals surface area (Å²) in [5.41, 5.74) is -3.24. The molecule has 11 nitrogen and oxygen atoms in total. The Morgan fingerprint density at radius 2 is 1.59 bits per heavy atom. The predicted octanol–water partition coefficient (Wildman–Crippen LogP) is 3.90. The van der Waals surface area contributed by atoms with Gasteiger partial charge in [-0.2, -0.15) is 0 Å². The van der Waals surface area contributed by atoms with E-state index >= 15 is 0 Å². The Labute approximate surface area is 237 Å². The maximum atomic E-state index is 13.5. The van der Waals surface area contributed by atoms with Crippen molar-refractivity contribution in [1.82, 2.24) is 4.98 Å². The standard InChI is InChI=1S/C30H35NO10/c1-16-9-10-21(37-17(2)32)29(6)25(40-26(34)19-8-7-12-31-14-19)23(38-18(3)33)22-24(30(16,29)41-28(22,4)5)39-27(35)20-11-13-36-15-20/h7-8,11-16,21-25H,9-10H2,1-6H3. The highest BCUT2D eigenvalue weighted by Gasteiger charge is 2.82. The number of furan rings is 1. The summed E-state index contributed by atoms with van der Waals surface area (Å²) < 4.78 is 36.4. The third-order valence-electron chi connectivity index (χ3n) is 9.06. The molecule has 41 heavy (non-hydrogen) atoms. The first-order valence-electron chi connectivity index (χ1n) is 13.7. The summed E-state index contributed by atoms with van der Waals surface area (Å²) in [4.78, 5) is 55.9. The highest BCUT2D eigenvalue weighted by Crippen LogP contribution is 2.68. The lowest BCUT2D eigenvalue weighted by atomic mass is 9.48. The minimum Gasteiger partial charge on any atom is -0.472 e. The molecule has 1 saturated heterocycles. The number of ether oxygens (including phenoxy) is 5.